The predicted molar refractivity (Wildman–Crippen MR) is 248 cm³/mol. The van der Waals surface area contributed by atoms with Gasteiger partial charge >= 0.3 is 10.3 Å². The SMILES string of the molecule is CC1(C)C(=CC2=C(S)C(=CC3=[N+](CS(=O)(=O)NS(C)(=O)=O)c4ccc5cc(N=C=S)ccc5c4C3(C)C)C2=S)N(CCNS(=O)(=O)O)c2ccc3cc(SOOO)ccc3c21. The van der Waals surface area contributed by atoms with E-state index in [1.54, 1.807) is 26.9 Å². The highest BCUT2D eigenvalue weighted by Gasteiger charge is 2.49. The van der Waals surface area contributed by atoms with Crippen molar-refractivity contribution in [3.8, 4) is 0 Å². The fourth-order valence-electron chi connectivity index (χ4n) is 8.38. The first-order chi connectivity index (χ1) is 28.5. The minimum absolute atomic E-state index is 0.128. The third kappa shape index (κ3) is 8.80. The van der Waals surface area contributed by atoms with Crippen LogP contribution in [-0.2, 0) is 50.6 Å². The molecule has 4 aromatic rings. The fraction of sp³-hybridized carbons (Fsp3) is 0.256. The molecule has 22 heteroatoms. The molecule has 1 aliphatic carbocycles. The van der Waals surface area contributed by atoms with E-state index in [-0.39, 0.29) is 13.1 Å². The standard InChI is InChI=1S/C39H37N5O10S7/c1-38(2)32(43(15-14-41-61(50,51)52)30-12-7-23-17-25(58-54-53-45)9-11-27(23)34(30)38)18-28-36(56)29(37(28)57)19-33-39(3,4)35-26-10-8-24(40-20-55)16-22(26)6-13-31(35)44(33)21-60(48,49)42-59(5,46)47/h6-13,16-19,41-42H,14-15,21H2,1-5H3,(H2-,45,50,51,52,56,57)/p+1. The Morgan fingerprint density at radius 2 is 1.62 bits per heavy atom. The van der Waals surface area contributed by atoms with Gasteiger partial charge in [-0.3, -0.25) is 4.55 Å². The number of fused-ring (bicyclic) bond motifs is 6. The van der Waals surface area contributed by atoms with Crippen molar-refractivity contribution in [3.05, 3.63) is 106 Å². The Morgan fingerprint density at radius 1 is 0.951 bits per heavy atom. The van der Waals surface area contributed by atoms with Crippen LogP contribution in [-0.4, -0.2) is 80.6 Å². The highest BCUT2D eigenvalue weighted by Crippen LogP contribution is 2.53. The van der Waals surface area contributed by atoms with E-state index in [0.717, 1.165) is 62.4 Å². The maximum Gasteiger partial charge on any atom is 0.333 e. The second kappa shape index (κ2) is 16.4. The molecule has 320 valence electrons. The van der Waals surface area contributed by atoms with Gasteiger partial charge in [0.1, 0.15) is 0 Å². The fourth-order valence-corrected chi connectivity index (χ4v) is 12.7. The molecule has 0 spiro atoms. The molecular formula is C39H38N5O10S7+. The summed E-state index contributed by atoms with van der Waals surface area (Å²) < 4.78 is 94.1. The Kier molecular flexibility index (Phi) is 12.2. The topological polar surface area (TPSA) is 204 Å². The Balaban J connectivity index is 1.36. The van der Waals surface area contributed by atoms with Crippen molar-refractivity contribution in [3.63, 3.8) is 0 Å². The van der Waals surface area contributed by atoms with Crippen LogP contribution in [0.1, 0.15) is 38.8 Å². The third-order valence-corrected chi connectivity index (χ3v) is 15.7. The van der Waals surface area contributed by atoms with Crippen LogP contribution in [0.25, 0.3) is 21.5 Å². The number of sulfonamides is 2. The summed E-state index contributed by atoms with van der Waals surface area (Å²) in [6.45, 7) is 7.96. The average molecular weight is 961 g/mol. The molecule has 7 rings (SSSR count). The Morgan fingerprint density at radius 3 is 2.28 bits per heavy atom. The van der Waals surface area contributed by atoms with E-state index in [2.05, 4.69) is 24.2 Å². The average Bonchev–Trinajstić information content (AvgIpc) is 3.50. The van der Waals surface area contributed by atoms with Gasteiger partial charge in [0.25, 0.3) is 15.9 Å². The molecule has 4 aromatic carbocycles. The van der Waals surface area contributed by atoms with E-state index >= 15 is 0 Å². The minimum atomic E-state index is -4.49. The minimum Gasteiger partial charge on any atom is -0.343 e. The number of rotatable bonds is 14. The number of benzene rings is 4. The number of aliphatic imine (C=N–C) groups is 1. The first-order valence-electron chi connectivity index (χ1n) is 18.1. The summed E-state index contributed by atoms with van der Waals surface area (Å²) in [7, 11) is -13.1. The molecule has 15 nitrogen and oxygen atoms in total. The molecule has 0 aromatic heterocycles. The second-order valence-corrected chi connectivity index (χ2v) is 22.2. The number of hydrogen-bond acceptors (Lipinski definition) is 15. The van der Waals surface area contributed by atoms with Gasteiger partial charge in [-0.25, -0.2) is 22.1 Å². The van der Waals surface area contributed by atoms with Gasteiger partial charge in [0.2, 0.25) is 15.7 Å². The largest absolute Gasteiger partial charge is 0.343 e. The number of thiol groups is 1. The lowest BCUT2D eigenvalue weighted by Crippen LogP contribution is -2.37. The van der Waals surface area contributed by atoms with Crippen LogP contribution in [0.15, 0.2) is 104 Å². The molecule has 61 heavy (non-hydrogen) atoms. The number of anilines is 1. The summed E-state index contributed by atoms with van der Waals surface area (Å²) in [6, 6.07) is 18.5. The number of nitrogens with one attached hydrogen (secondary N) is 2. The third-order valence-electron chi connectivity index (χ3n) is 10.7. The van der Waals surface area contributed by atoms with Crippen LogP contribution in [0, 0.1) is 0 Å². The first-order valence-corrected chi connectivity index (χ1v) is 25.1. The maximum absolute atomic E-state index is 13.4. The molecule has 0 atom stereocenters. The van der Waals surface area contributed by atoms with Gasteiger partial charge in [-0.15, -0.1) is 21.1 Å². The van der Waals surface area contributed by atoms with Crippen molar-refractivity contribution in [2.75, 3.05) is 30.1 Å². The van der Waals surface area contributed by atoms with Crippen LogP contribution in [0.3, 0.4) is 0 Å². The van der Waals surface area contributed by atoms with Gasteiger partial charge in [0.05, 0.1) is 39.4 Å². The predicted octanol–water partition coefficient (Wildman–Crippen LogP) is 6.94. The lowest BCUT2D eigenvalue weighted by molar-refractivity contribution is -0.432. The van der Waals surface area contributed by atoms with Crippen molar-refractivity contribution in [2.24, 2.45) is 4.99 Å². The van der Waals surface area contributed by atoms with Gasteiger partial charge < -0.3 is 4.90 Å². The Bertz CT molecular complexity index is 3120. The van der Waals surface area contributed by atoms with Crippen molar-refractivity contribution in [2.45, 2.75) is 43.4 Å². The number of thiocarbonyl (C=S) groups is 2. The van der Waals surface area contributed by atoms with Crippen molar-refractivity contribution in [1.82, 2.24) is 8.85 Å². The van der Waals surface area contributed by atoms with Gasteiger partial charge in [0.15, 0.2) is 5.71 Å². The van der Waals surface area contributed by atoms with Crippen molar-refractivity contribution >= 4 is 134 Å². The zero-order valence-electron chi connectivity index (χ0n) is 32.9. The van der Waals surface area contributed by atoms with Crippen LogP contribution >= 0.6 is 49.1 Å². The molecular weight excluding hydrogens is 923 g/mol. The summed E-state index contributed by atoms with van der Waals surface area (Å²) in [5.41, 5.74) is 4.59. The van der Waals surface area contributed by atoms with Crippen molar-refractivity contribution in [1.29, 1.82) is 0 Å². The summed E-state index contributed by atoms with van der Waals surface area (Å²) in [4.78, 5) is 7.67. The monoisotopic (exact) mass is 960 g/mol. The van der Waals surface area contributed by atoms with E-state index in [1.165, 1.54) is 0 Å². The molecule has 2 aliphatic heterocycles. The van der Waals surface area contributed by atoms with E-state index in [9.17, 15) is 29.8 Å². The highest BCUT2D eigenvalue weighted by molar-refractivity contribution is 8.04. The lowest BCUT2D eigenvalue weighted by Gasteiger charge is -2.31. The molecule has 0 fully saturated rings. The smallest absolute Gasteiger partial charge is 0.333 e. The summed E-state index contributed by atoms with van der Waals surface area (Å²) in [5.74, 6) is -0.723. The molecule has 3 aliphatic rings. The highest BCUT2D eigenvalue weighted by atomic mass is 32.3. The van der Waals surface area contributed by atoms with E-state index < -0.39 is 47.1 Å². The molecule has 0 radical (unpaired) electrons. The van der Waals surface area contributed by atoms with Gasteiger partial charge in [0, 0.05) is 68.5 Å². The van der Waals surface area contributed by atoms with Crippen LogP contribution in [0.4, 0.5) is 17.1 Å². The number of nitrogens with zero attached hydrogens (tertiary/aromatic N) is 3. The zero-order valence-corrected chi connectivity index (χ0v) is 38.7. The Labute approximate surface area is 373 Å². The summed E-state index contributed by atoms with van der Waals surface area (Å²) in [5, 5.41) is 18.2. The molecule has 0 unspecified atom stereocenters. The first kappa shape index (κ1) is 45.3. The Hall–Kier alpha value is -3.71. The van der Waals surface area contributed by atoms with E-state index in [4.69, 9.17) is 42.3 Å². The molecule has 4 N–H and O–H groups in total. The number of allylic oxidation sites excluding steroid dienone is 5. The van der Waals surface area contributed by atoms with E-state index in [0.29, 0.717) is 42.9 Å². The summed E-state index contributed by atoms with van der Waals surface area (Å²) in [6.07, 6.45) is 4.47. The van der Waals surface area contributed by atoms with Crippen molar-refractivity contribution < 1.29 is 49.0 Å². The van der Waals surface area contributed by atoms with E-state index in [1.807, 2.05) is 87.2 Å². The molecule has 0 amide bonds. The van der Waals surface area contributed by atoms with Gasteiger partial charge in [-0.05, 0) is 95.6 Å². The number of hydrogen-bond donors (Lipinski definition) is 5. The maximum atomic E-state index is 13.4. The quantitative estimate of drug-likeness (QED) is 0.0100. The van der Waals surface area contributed by atoms with Crippen LogP contribution < -0.4 is 13.7 Å². The normalized spacial score (nSPS) is 18.6. The molecule has 0 bridgehead atoms. The van der Waals surface area contributed by atoms with Crippen LogP contribution in [0.5, 0.6) is 0 Å². The zero-order chi connectivity index (χ0) is 44.4. The second-order valence-electron chi connectivity index (χ2n) is 15.5. The number of isothiocyanates is 1. The van der Waals surface area contributed by atoms with Gasteiger partial charge in [-0.2, -0.15) is 22.7 Å². The molecule has 0 saturated heterocycles. The van der Waals surface area contributed by atoms with Gasteiger partial charge in [-0.1, -0.05) is 49.3 Å². The summed E-state index contributed by atoms with van der Waals surface area (Å²) >= 11 is 16.6. The molecule has 0 saturated carbocycles. The lowest BCUT2D eigenvalue weighted by atomic mass is 9.77. The molecule has 2 heterocycles. The van der Waals surface area contributed by atoms with Crippen LogP contribution in [0.2, 0.25) is 0 Å².